The minimum Gasteiger partial charge on any atom is -0.507 e. The largest absolute Gasteiger partial charge is 0.507 e. The highest BCUT2D eigenvalue weighted by Crippen LogP contribution is 2.27. The van der Waals surface area contributed by atoms with Crippen LogP contribution in [-0.2, 0) is 0 Å². The SMILES string of the molecule is Cc1ccccc1C(=O)Nc1cccc(N=Cc2c(O)ccc3ccccc23)c1. The second kappa shape index (κ2) is 7.98. The van der Waals surface area contributed by atoms with E-state index in [4.69, 9.17) is 0 Å². The van der Waals surface area contributed by atoms with Gasteiger partial charge in [0.25, 0.3) is 5.91 Å². The van der Waals surface area contributed by atoms with E-state index in [0.29, 0.717) is 22.5 Å². The number of phenols is 1. The lowest BCUT2D eigenvalue weighted by Crippen LogP contribution is -2.13. The fraction of sp³-hybridized carbons (Fsp3) is 0.0400. The van der Waals surface area contributed by atoms with Crippen molar-refractivity contribution >= 4 is 34.3 Å². The summed E-state index contributed by atoms with van der Waals surface area (Å²) < 4.78 is 0. The number of anilines is 1. The van der Waals surface area contributed by atoms with E-state index in [0.717, 1.165) is 16.3 Å². The van der Waals surface area contributed by atoms with Gasteiger partial charge in [-0.15, -0.1) is 0 Å². The molecule has 0 saturated heterocycles. The van der Waals surface area contributed by atoms with E-state index < -0.39 is 0 Å². The Kier molecular flexibility index (Phi) is 5.08. The molecule has 4 rings (SSSR count). The highest BCUT2D eigenvalue weighted by molar-refractivity contribution is 6.06. The van der Waals surface area contributed by atoms with Gasteiger partial charge >= 0.3 is 0 Å². The van der Waals surface area contributed by atoms with E-state index in [1.54, 1.807) is 24.4 Å². The smallest absolute Gasteiger partial charge is 0.255 e. The fourth-order valence-corrected chi connectivity index (χ4v) is 3.25. The van der Waals surface area contributed by atoms with Crippen LogP contribution in [0.1, 0.15) is 21.5 Å². The predicted octanol–water partition coefficient (Wildman–Crippen LogP) is 5.86. The number of aryl methyl sites for hydroxylation is 1. The molecule has 0 atom stereocenters. The standard InChI is InChI=1S/C25H20N2O2/c1-17-7-2-4-11-21(17)25(29)27-20-10-6-9-19(15-20)26-16-23-22-12-5-3-8-18(22)13-14-24(23)28/h2-16,28H,1H3,(H,27,29). The van der Waals surface area contributed by atoms with Gasteiger partial charge in [-0.1, -0.05) is 54.6 Å². The summed E-state index contributed by atoms with van der Waals surface area (Å²) >= 11 is 0. The molecular weight excluding hydrogens is 360 g/mol. The molecule has 0 radical (unpaired) electrons. The normalized spacial score (nSPS) is 11.1. The molecule has 4 heteroatoms. The summed E-state index contributed by atoms with van der Waals surface area (Å²) in [5.74, 6) is 0.0207. The number of carbonyl (C=O) groups excluding carboxylic acids is 1. The molecule has 0 fully saturated rings. The molecule has 4 nitrogen and oxygen atoms in total. The van der Waals surface area contributed by atoms with Gasteiger partial charge < -0.3 is 10.4 Å². The maximum atomic E-state index is 12.5. The van der Waals surface area contributed by atoms with Crippen LogP contribution in [0.15, 0.2) is 89.9 Å². The van der Waals surface area contributed by atoms with Crippen LogP contribution in [0, 0.1) is 6.92 Å². The summed E-state index contributed by atoms with van der Waals surface area (Å²) in [6.45, 7) is 1.91. The Morgan fingerprint density at radius 2 is 1.72 bits per heavy atom. The van der Waals surface area contributed by atoms with Crippen LogP contribution in [0.3, 0.4) is 0 Å². The van der Waals surface area contributed by atoms with Crippen molar-refractivity contribution in [1.82, 2.24) is 0 Å². The van der Waals surface area contributed by atoms with Gasteiger partial charge in [0.2, 0.25) is 0 Å². The van der Waals surface area contributed by atoms with Crippen LogP contribution in [0.25, 0.3) is 10.8 Å². The third kappa shape index (κ3) is 4.01. The summed E-state index contributed by atoms with van der Waals surface area (Å²) in [5.41, 5.74) is 3.57. The molecule has 4 aromatic carbocycles. The van der Waals surface area contributed by atoms with Gasteiger partial charge in [0.15, 0.2) is 0 Å². The summed E-state index contributed by atoms with van der Waals surface area (Å²) in [5, 5.41) is 15.1. The first-order chi connectivity index (χ1) is 14.1. The molecule has 142 valence electrons. The van der Waals surface area contributed by atoms with Crippen LogP contribution in [0.4, 0.5) is 11.4 Å². The molecule has 0 aromatic heterocycles. The molecule has 0 saturated carbocycles. The highest BCUT2D eigenvalue weighted by Gasteiger charge is 2.09. The third-order valence-electron chi connectivity index (χ3n) is 4.78. The maximum Gasteiger partial charge on any atom is 0.255 e. The number of carbonyl (C=O) groups is 1. The summed E-state index contributed by atoms with van der Waals surface area (Å²) in [4.78, 5) is 17.0. The van der Waals surface area contributed by atoms with Crippen molar-refractivity contribution in [3.63, 3.8) is 0 Å². The molecule has 0 unspecified atom stereocenters. The van der Waals surface area contributed by atoms with Crippen molar-refractivity contribution < 1.29 is 9.90 Å². The average Bonchev–Trinajstić information content (AvgIpc) is 2.73. The number of aliphatic imine (C=N–C) groups is 1. The number of nitrogens with one attached hydrogen (secondary N) is 1. The van der Waals surface area contributed by atoms with Crippen molar-refractivity contribution in [2.24, 2.45) is 4.99 Å². The molecule has 1 amide bonds. The molecular formula is C25H20N2O2. The quantitative estimate of drug-likeness (QED) is 0.436. The van der Waals surface area contributed by atoms with Crippen LogP contribution < -0.4 is 5.32 Å². The Balaban J connectivity index is 1.59. The monoisotopic (exact) mass is 380 g/mol. The van der Waals surface area contributed by atoms with Gasteiger partial charge in [0.1, 0.15) is 5.75 Å². The lowest BCUT2D eigenvalue weighted by Gasteiger charge is -2.08. The molecule has 0 aliphatic carbocycles. The number of hydrogen-bond donors (Lipinski definition) is 2. The first-order valence-electron chi connectivity index (χ1n) is 9.33. The van der Waals surface area contributed by atoms with E-state index >= 15 is 0 Å². The Morgan fingerprint density at radius 3 is 2.59 bits per heavy atom. The Bertz CT molecular complexity index is 1230. The van der Waals surface area contributed by atoms with Crippen molar-refractivity contribution in [1.29, 1.82) is 0 Å². The van der Waals surface area contributed by atoms with E-state index in [1.165, 1.54) is 0 Å². The average molecular weight is 380 g/mol. The van der Waals surface area contributed by atoms with E-state index in [9.17, 15) is 9.90 Å². The Morgan fingerprint density at radius 1 is 0.931 bits per heavy atom. The van der Waals surface area contributed by atoms with Gasteiger partial charge in [-0.2, -0.15) is 0 Å². The van der Waals surface area contributed by atoms with Gasteiger partial charge in [0.05, 0.1) is 5.69 Å². The number of phenolic OH excluding ortho intramolecular Hbond substituents is 1. The second-order valence-corrected chi connectivity index (χ2v) is 6.80. The number of nitrogens with zero attached hydrogens (tertiary/aromatic N) is 1. The third-order valence-corrected chi connectivity index (χ3v) is 4.78. The maximum absolute atomic E-state index is 12.5. The van der Waals surface area contributed by atoms with Gasteiger partial charge in [-0.05, 0) is 53.6 Å². The van der Waals surface area contributed by atoms with Crippen LogP contribution in [0.2, 0.25) is 0 Å². The molecule has 0 aliphatic heterocycles. The minimum absolute atomic E-state index is 0.157. The van der Waals surface area contributed by atoms with E-state index in [2.05, 4.69) is 10.3 Å². The zero-order valence-electron chi connectivity index (χ0n) is 16.0. The topological polar surface area (TPSA) is 61.7 Å². The van der Waals surface area contributed by atoms with Crippen molar-refractivity contribution in [3.05, 3.63) is 102 Å². The zero-order chi connectivity index (χ0) is 20.2. The number of aromatic hydroxyl groups is 1. The molecule has 29 heavy (non-hydrogen) atoms. The molecule has 0 bridgehead atoms. The van der Waals surface area contributed by atoms with Crippen LogP contribution in [0.5, 0.6) is 5.75 Å². The number of benzene rings is 4. The fourth-order valence-electron chi connectivity index (χ4n) is 3.25. The van der Waals surface area contributed by atoms with Crippen LogP contribution >= 0.6 is 0 Å². The van der Waals surface area contributed by atoms with Crippen molar-refractivity contribution in [3.8, 4) is 5.75 Å². The predicted molar refractivity (Wildman–Crippen MR) is 118 cm³/mol. The number of fused-ring (bicyclic) bond motifs is 1. The van der Waals surface area contributed by atoms with Gasteiger partial charge in [0, 0.05) is 23.0 Å². The summed E-state index contributed by atoms with van der Waals surface area (Å²) in [6.07, 6.45) is 1.65. The lowest BCUT2D eigenvalue weighted by molar-refractivity contribution is 0.102. The minimum atomic E-state index is -0.157. The summed E-state index contributed by atoms with van der Waals surface area (Å²) in [7, 11) is 0. The molecule has 4 aromatic rings. The highest BCUT2D eigenvalue weighted by atomic mass is 16.3. The van der Waals surface area contributed by atoms with Crippen molar-refractivity contribution in [2.45, 2.75) is 6.92 Å². The lowest BCUT2D eigenvalue weighted by atomic mass is 10.0. The Labute approximate surface area is 169 Å². The number of rotatable bonds is 4. The second-order valence-electron chi connectivity index (χ2n) is 6.80. The molecule has 2 N–H and O–H groups in total. The molecule has 0 heterocycles. The number of amides is 1. The van der Waals surface area contributed by atoms with Gasteiger partial charge in [-0.3, -0.25) is 9.79 Å². The van der Waals surface area contributed by atoms with Gasteiger partial charge in [-0.25, -0.2) is 0 Å². The first kappa shape index (κ1) is 18.4. The Hall–Kier alpha value is -3.92. The molecule has 0 spiro atoms. The van der Waals surface area contributed by atoms with Crippen LogP contribution in [-0.4, -0.2) is 17.2 Å². The number of hydrogen-bond acceptors (Lipinski definition) is 3. The molecule has 0 aliphatic rings. The van der Waals surface area contributed by atoms with E-state index in [1.807, 2.05) is 73.7 Å². The summed E-state index contributed by atoms with van der Waals surface area (Å²) in [6, 6.07) is 26.2. The first-order valence-corrected chi connectivity index (χ1v) is 9.33. The van der Waals surface area contributed by atoms with E-state index in [-0.39, 0.29) is 11.7 Å². The zero-order valence-corrected chi connectivity index (χ0v) is 16.0. The van der Waals surface area contributed by atoms with Crippen molar-refractivity contribution in [2.75, 3.05) is 5.32 Å².